The smallest absolute Gasteiger partial charge is 0.332 e. The van der Waals surface area contributed by atoms with Crippen LogP contribution in [0.2, 0.25) is 10.0 Å². The molecule has 138 valence electrons. The highest BCUT2D eigenvalue weighted by atomic mass is 35.5. The number of aliphatic hydroxyl groups is 1. The van der Waals surface area contributed by atoms with Crippen LogP contribution in [0.15, 0.2) is 27.8 Å². The van der Waals surface area contributed by atoms with Gasteiger partial charge in [-0.05, 0) is 17.7 Å². The second-order valence-corrected chi connectivity index (χ2v) is 6.63. The van der Waals surface area contributed by atoms with Crippen molar-refractivity contribution in [3.05, 3.63) is 54.6 Å². The van der Waals surface area contributed by atoms with Gasteiger partial charge in [-0.3, -0.25) is 13.9 Å². The molecule has 26 heavy (non-hydrogen) atoms. The van der Waals surface area contributed by atoms with Gasteiger partial charge in [0.1, 0.15) is 0 Å². The SMILES string of the molecule is Cn1c(NCCO)nc2c1c(=O)n(Cc1ccc(Cl)cc1Cl)c(=O)n2C. The van der Waals surface area contributed by atoms with Gasteiger partial charge in [0.25, 0.3) is 5.56 Å². The van der Waals surface area contributed by atoms with Gasteiger partial charge in [0.2, 0.25) is 5.95 Å². The Morgan fingerprint density at radius 2 is 1.92 bits per heavy atom. The number of rotatable bonds is 5. The zero-order valence-corrected chi connectivity index (χ0v) is 15.7. The first-order valence-corrected chi connectivity index (χ1v) is 8.55. The van der Waals surface area contributed by atoms with E-state index in [4.69, 9.17) is 28.3 Å². The largest absolute Gasteiger partial charge is 0.395 e. The molecule has 0 spiro atoms. The van der Waals surface area contributed by atoms with Crippen LogP contribution < -0.4 is 16.6 Å². The molecular weight excluding hydrogens is 381 g/mol. The summed E-state index contributed by atoms with van der Waals surface area (Å²) in [5.41, 5.74) is 0.177. The van der Waals surface area contributed by atoms with Crippen molar-refractivity contribution in [1.29, 1.82) is 0 Å². The number of imidazole rings is 1. The fourth-order valence-corrected chi connectivity index (χ4v) is 3.20. The molecule has 0 unspecified atom stereocenters. The van der Waals surface area contributed by atoms with E-state index in [-0.39, 0.29) is 30.9 Å². The zero-order chi connectivity index (χ0) is 19.0. The Hall–Kier alpha value is -2.29. The van der Waals surface area contributed by atoms with E-state index < -0.39 is 11.2 Å². The quantitative estimate of drug-likeness (QED) is 0.674. The molecule has 0 saturated carbocycles. The van der Waals surface area contributed by atoms with Crippen LogP contribution in [0.3, 0.4) is 0 Å². The number of nitrogens with one attached hydrogen (secondary N) is 1. The molecule has 0 saturated heterocycles. The molecule has 0 aliphatic rings. The standard InChI is InChI=1S/C16H17Cl2N5O3/c1-21-12-13(20-15(21)19-5-6-24)22(2)16(26)23(14(12)25)8-9-3-4-10(17)7-11(9)18/h3-4,7,24H,5-6,8H2,1-2H3,(H,19,20). The Morgan fingerprint density at radius 1 is 1.19 bits per heavy atom. The minimum Gasteiger partial charge on any atom is -0.395 e. The number of aromatic nitrogens is 4. The molecule has 1 aromatic carbocycles. The lowest BCUT2D eigenvalue weighted by Crippen LogP contribution is -2.39. The molecule has 3 rings (SSSR count). The minimum absolute atomic E-state index is 0.0159. The molecule has 0 amide bonds. The summed E-state index contributed by atoms with van der Waals surface area (Å²) in [7, 11) is 3.22. The molecule has 10 heteroatoms. The highest BCUT2D eigenvalue weighted by Gasteiger charge is 2.19. The average Bonchev–Trinajstić information content (AvgIpc) is 2.93. The van der Waals surface area contributed by atoms with Gasteiger partial charge in [-0.2, -0.15) is 4.98 Å². The van der Waals surface area contributed by atoms with E-state index in [0.29, 0.717) is 21.6 Å². The fraction of sp³-hybridized carbons (Fsp3) is 0.312. The molecule has 3 aromatic rings. The number of halogens is 2. The van der Waals surface area contributed by atoms with Gasteiger partial charge in [-0.25, -0.2) is 4.79 Å². The number of fused-ring (bicyclic) bond motifs is 1. The van der Waals surface area contributed by atoms with Crippen molar-refractivity contribution in [3.63, 3.8) is 0 Å². The van der Waals surface area contributed by atoms with Crippen LogP contribution in [0, 0.1) is 0 Å². The zero-order valence-electron chi connectivity index (χ0n) is 14.2. The Balaban J connectivity index is 2.19. The van der Waals surface area contributed by atoms with Crippen LogP contribution in [-0.4, -0.2) is 36.9 Å². The number of aryl methyl sites for hydroxylation is 2. The van der Waals surface area contributed by atoms with Crippen molar-refractivity contribution in [2.45, 2.75) is 6.54 Å². The van der Waals surface area contributed by atoms with Gasteiger partial charge in [-0.1, -0.05) is 29.3 Å². The van der Waals surface area contributed by atoms with Crippen molar-refractivity contribution in [2.24, 2.45) is 14.1 Å². The van der Waals surface area contributed by atoms with Crippen molar-refractivity contribution in [1.82, 2.24) is 18.7 Å². The lowest BCUT2D eigenvalue weighted by atomic mass is 10.2. The normalized spacial score (nSPS) is 11.3. The number of benzene rings is 1. The topological polar surface area (TPSA) is 94.1 Å². The third-order valence-electron chi connectivity index (χ3n) is 4.10. The first kappa shape index (κ1) is 18.5. The third kappa shape index (κ3) is 3.11. The van der Waals surface area contributed by atoms with Gasteiger partial charge in [0.15, 0.2) is 11.2 Å². The predicted octanol–water partition coefficient (Wildman–Crippen LogP) is 1.19. The maximum atomic E-state index is 12.9. The molecule has 0 radical (unpaired) electrons. The maximum absolute atomic E-state index is 12.9. The molecule has 0 aliphatic heterocycles. The van der Waals surface area contributed by atoms with Crippen molar-refractivity contribution >= 4 is 40.3 Å². The Morgan fingerprint density at radius 3 is 2.58 bits per heavy atom. The molecular formula is C16H17Cl2N5O3. The molecule has 2 heterocycles. The van der Waals surface area contributed by atoms with E-state index in [1.54, 1.807) is 36.9 Å². The second-order valence-electron chi connectivity index (χ2n) is 5.79. The molecule has 8 nitrogen and oxygen atoms in total. The monoisotopic (exact) mass is 397 g/mol. The summed E-state index contributed by atoms with van der Waals surface area (Å²) in [4.78, 5) is 29.9. The van der Waals surface area contributed by atoms with Crippen LogP contribution >= 0.6 is 23.2 Å². The van der Waals surface area contributed by atoms with E-state index in [2.05, 4.69) is 10.3 Å². The molecule has 0 aliphatic carbocycles. The number of hydrogen-bond acceptors (Lipinski definition) is 5. The molecule has 0 atom stereocenters. The van der Waals surface area contributed by atoms with E-state index >= 15 is 0 Å². The van der Waals surface area contributed by atoms with E-state index in [1.165, 1.54) is 4.57 Å². The van der Waals surface area contributed by atoms with Gasteiger partial charge in [0.05, 0.1) is 13.2 Å². The fourth-order valence-electron chi connectivity index (χ4n) is 2.73. The van der Waals surface area contributed by atoms with Gasteiger partial charge in [-0.15, -0.1) is 0 Å². The van der Waals surface area contributed by atoms with Crippen LogP contribution in [0.25, 0.3) is 11.2 Å². The van der Waals surface area contributed by atoms with Gasteiger partial charge < -0.3 is 15.0 Å². The summed E-state index contributed by atoms with van der Waals surface area (Å²) in [6.45, 7) is 0.211. The summed E-state index contributed by atoms with van der Waals surface area (Å²) in [6, 6.07) is 4.89. The predicted molar refractivity (Wildman–Crippen MR) is 101 cm³/mol. The first-order chi connectivity index (χ1) is 12.3. The van der Waals surface area contributed by atoms with Crippen LogP contribution in [-0.2, 0) is 20.6 Å². The number of hydrogen-bond donors (Lipinski definition) is 2. The summed E-state index contributed by atoms with van der Waals surface area (Å²) in [5.74, 6) is 0.392. The summed E-state index contributed by atoms with van der Waals surface area (Å²) >= 11 is 12.1. The highest BCUT2D eigenvalue weighted by molar-refractivity contribution is 6.35. The van der Waals surface area contributed by atoms with Crippen LogP contribution in [0.1, 0.15) is 5.56 Å². The lowest BCUT2D eigenvalue weighted by Gasteiger charge is -2.10. The number of anilines is 1. The van der Waals surface area contributed by atoms with Crippen molar-refractivity contribution in [2.75, 3.05) is 18.5 Å². The second kappa shape index (κ2) is 7.14. The first-order valence-electron chi connectivity index (χ1n) is 7.80. The molecule has 0 bridgehead atoms. The van der Waals surface area contributed by atoms with Gasteiger partial charge >= 0.3 is 5.69 Å². The van der Waals surface area contributed by atoms with Crippen molar-refractivity contribution < 1.29 is 5.11 Å². The third-order valence-corrected chi connectivity index (χ3v) is 4.69. The number of aliphatic hydroxyl groups excluding tert-OH is 1. The summed E-state index contributed by atoms with van der Waals surface area (Å²) in [6.07, 6.45) is 0. The molecule has 2 aromatic heterocycles. The van der Waals surface area contributed by atoms with Crippen LogP contribution in [0.5, 0.6) is 0 Å². The van der Waals surface area contributed by atoms with E-state index in [0.717, 1.165) is 4.57 Å². The Bertz CT molecular complexity index is 1100. The summed E-state index contributed by atoms with van der Waals surface area (Å²) < 4.78 is 3.98. The highest BCUT2D eigenvalue weighted by Crippen LogP contribution is 2.21. The van der Waals surface area contributed by atoms with Gasteiger partial charge in [0, 0.05) is 30.7 Å². The lowest BCUT2D eigenvalue weighted by molar-refractivity contribution is 0.310. The minimum atomic E-state index is -0.500. The maximum Gasteiger partial charge on any atom is 0.332 e. The Kier molecular flexibility index (Phi) is 5.08. The Labute approximate surface area is 158 Å². The van der Waals surface area contributed by atoms with Crippen LogP contribution in [0.4, 0.5) is 5.95 Å². The van der Waals surface area contributed by atoms with E-state index in [9.17, 15) is 9.59 Å². The summed E-state index contributed by atoms with van der Waals surface area (Å²) in [5, 5.41) is 12.7. The molecule has 2 N–H and O–H groups in total. The molecule has 0 fully saturated rings. The average molecular weight is 398 g/mol. The van der Waals surface area contributed by atoms with E-state index in [1.807, 2.05) is 0 Å². The van der Waals surface area contributed by atoms with Crippen molar-refractivity contribution in [3.8, 4) is 0 Å². The number of nitrogens with zero attached hydrogens (tertiary/aromatic N) is 4.